The minimum atomic E-state index is -0.206. The molecule has 0 saturated carbocycles. The lowest BCUT2D eigenvalue weighted by atomic mass is 9.99. The maximum absolute atomic E-state index is 11.7. The van der Waals surface area contributed by atoms with Gasteiger partial charge < -0.3 is 4.42 Å². The minimum absolute atomic E-state index is 0.206. The van der Waals surface area contributed by atoms with Crippen molar-refractivity contribution in [1.29, 1.82) is 0 Å². The van der Waals surface area contributed by atoms with Crippen molar-refractivity contribution < 1.29 is 4.42 Å². The van der Waals surface area contributed by atoms with Gasteiger partial charge in [0.2, 0.25) is 0 Å². The highest BCUT2D eigenvalue weighted by atomic mass is 16.4. The van der Waals surface area contributed by atoms with Crippen LogP contribution in [0.5, 0.6) is 0 Å². The Morgan fingerprint density at radius 3 is 2.80 bits per heavy atom. The molecule has 1 aromatic heterocycles. The molecule has 0 aliphatic heterocycles. The van der Waals surface area contributed by atoms with Crippen LogP contribution in [-0.2, 0) is 0 Å². The van der Waals surface area contributed by atoms with Crippen LogP contribution in [-0.4, -0.2) is 0 Å². The SMILES string of the molecule is CCC(C)c1cc2ccccc2oc1=O. The highest BCUT2D eigenvalue weighted by Crippen LogP contribution is 2.19. The van der Waals surface area contributed by atoms with Crippen molar-refractivity contribution in [2.75, 3.05) is 0 Å². The normalized spacial score (nSPS) is 12.9. The average Bonchev–Trinajstić information content (AvgIpc) is 2.27. The zero-order valence-corrected chi connectivity index (χ0v) is 8.99. The van der Waals surface area contributed by atoms with E-state index in [1.165, 1.54) is 0 Å². The largest absolute Gasteiger partial charge is 0.423 e. The number of fused-ring (bicyclic) bond motifs is 1. The average molecular weight is 202 g/mol. The Morgan fingerprint density at radius 1 is 1.33 bits per heavy atom. The Kier molecular flexibility index (Phi) is 2.58. The molecule has 2 rings (SSSR count). The number of hydrogen-bond acceptors (Lipinski definition) is 2. The zero-order chi connectivity index (χ0) is 10.8. The highest BCUT2D eigenvalue weighted by Gasteiger charge is 2.10. The lowest BCUT2D eigenvalue weighted by Gasteiger charge is -2.07. The van der Waals surface area contributed by atoms with Crippen molar-refractivity contribution >= 4 is 11.0 Å². The van der Waals surface area contributed by atoms with Crippen LogP contribution in [0.4, 0.5) is 0 Å². The standard InChI is InChI=1S/C13H14O2/c1-3-9(2)11-8-10-6-4-5-7-12(10)15-13(11)14/h4-9H,3H2,1-2H3. The minimum Gasteiger partial charge on any atom is -0.423 e. The van der Waals surface area contributed by atoms with Crippen molar-refractivity contribution in [1.82, 2.24) is 0 Å². The Bertz CT molecular complexity index is 525. The predicted octanol–water partition coefficient (Wildman–Crippen LogP) is 3.31. The Morgan fingerprint density at radius 2 is 2.07 bits per heavy atom. The van der Waals surface area contributed by atoms with Gasteiger partial charge in [0.05, 0.1) is 0 Å². The predicted molar refractivity (Wildman–Crippen MR) is 61.2 cm³/mol. The first-order valence-corrected chi connectivity index (χ1v) is 5.25. The Hall–Kier alpha value is -1.57. The third-order valence-corrected chi connectivity index (χ3v) is 2.81. The maximum Gasteiger partial charge on any atom is 0.339 e. The Labute approximate surface area is 88.5 Å². The number of hydrogen-bond donors (Lipinski definition) is 0. The molecule has 0 N–H and O–H groups in total. The fraction of sp³-hybridized carbons (Fsp3) is 0.308. The Balaban J connectivity index is 2.67. The zero-order valence-electron chi connectivity index (χ0n) is 8.99. The van der Waals surface area contributed by atoms with Gasteiger partial charge >= 0.3 is 5.63 Å². The molecule has 0 amide bonds. The van der Waals surface area contributed by atoms with Crippen molar-refractivity contribution in [2.45, 2.75) is 26.2 Å². The summed E-state index contributed by atoms with van der Waals surface area (Å²) in [6.45, 7) is 4.11. The van der Waals surface area contributed by atoms with Crippen molar-refractivity contribution in [3.05, 3.63) is 46.3 Å². The quantitative estimate of drug-likeness (QED) is 0.699. The van der Waals surface area contributed by atoms with E-state index in [2.05, 4.69) is 6.92 Å². The van der Waals surface area contributed by atoms with E-state index in [-0.39, 0.29) is 11.5 Å². The summed E-state index contributed by atoms with van der Waals surface area (Å²) in [7, 11) is 0. The fourth-order valence-corrected chi connectivity index (χ4v) is 1.64. The topological polar surface area (TPSA) is 30.2 Å². The van der Waals surface area contributed by atoms with Gasteiger partial charge in [0.1, 0.15) is 5.58 Å². The molecule has 0 spiro atoms. The van der Waals surface area contributed by atoms with Crippen LogP contribution in [0.1, 0.15) is 31.7 Å². The molecule has 0 radical (unpaired) electrons. The van der Waals surface area contributed by atoms with Crippen LogP contribution < -0.4 is 5.63 Å². The smallest absolute Gasteiger partial charge is 0.339 e. The molecule has 2 aromatic rings. The van der Waals surface area contributed by atoms with Gasteiger partial charge in [-0.2, -0.15) is 0 Å². The van der Waals surface area contributed by atoms with Crippen molar-refractivity contribution in [3.8, 4) is 0 Å². The summed E-state index contributed by atoms with van der Waals surface area (Å²) >= 11 is 0. The summed E-state index contributed by atoms with van der Waals surface area (Å²) in [4.78, 5) is 11.7. The second kappa shape index (κ2) is 3.89. The van der Waals surface area contributed by atoms with Crippen LogP contribution in [0.15, 0.2) is 39.5 Å². The lowest BCUT2D eigenvalue weighted by Crippen LogP contribution is -2.09. The lowest BCUT2D eigenvalue weighted by molar-refractivity contribution is 0.537. The molecule has 15 heavy (non-hydrogen) atoms. The number of para-hydroxylation sites is 1. The molecule has 1 heterocycles. The molecule has 2 heteroatoms. The maximum atomic E-state index is 11.7. The fourth-order valence-electron chi connectivity index (χ4n) is 1.64. The van der Waals surface area contributed by atoms with Crippen LogP contribution in [0.3, 0.4) is 0 Å². The summed E-state index contributed by atoms with van der Waals surface area (Å²) in [6.07, 6.45) is 0.948. The van der Waals surface area contributed by atoms with E-state index in [0.29, 0.717) is 5.58 Å². The van der Waals surface area contributed by atoms with Gasteiger partial charge in [-0.25, -0.2) is 4.79 Å². The molecular weight excluding hydrogens is 188 g/mol. The number of rotatable bonds is 2. The molecule has 1 unspecified atom stereocenters. The summed E-state index contributed by atoms with van der Waals surface area (Å²) in [5.41, 5.74) is 1.23. The van der Waals surface area contributed by atoms with Crippen LogP contribution in [0.25, 0.3) is 11.0 Å². The first-order valence-electron chi connectivity index (χ1n) is 5.25. The van der Waals surface area contributed by atoms with Crippen LogP contribution in [0, 0.1) is 0 Å². The van der Waals surface area contributed by atoms with E-state index >= 15 is 0 Å². The molecule has 0 bridgehead atoms. The van der Waals surface area contributed by atoms with E-state index in [0.717, 1.165) is 17.4 Å². The third-order valence-electron chi connectivity index (χ3n) is 2.81. The van der Waals surface area contributed by atoms with Gasteiger partial charge in [0.15, 0.2) is 0 Å². The van der Waals surface area contributed by atoms with Gasteiger partial charge in [-0.05, 0) is 24.5 Å². The summed E-state index contributed by atoms with van der Waals surface area (Å²) in [6, 6.07) is 9.54. The molecule has 0 aliphatic carbocycles. The number of benzene rings is 1. The van der Waals surface area contributed by atoms with Crippen LogP contribution >= 0.6 is 0 Å². The van der Waals surface area contributed by atoms with E-state index in [9.17, 15) is 4.79 Å². The molecule has 0 aliphatic rings. The van der Waals surface area contributed by atoms with E-state index in [1.54, 1.807) is 0 Å². The first-order chi connectivity index (χ1) is 7.22. The molecule has 0 saturated heterocycles. The van der Waals surface area contributed by atoms with Gasteiger partial charge in [-0.15, -0.1) is 0 Å². The highest BCUT2D eigenvalue weighted by molar-refractivity contribution is 5.76. The van der Waals surface area contributed by atoms with Gasteiger partial charge in [0, 0.05) is 10.9 Å². The molecule has 2 nitrogen and oxygen atoms in total. The first kappa shape index (κ1) is 9.97. The summed E-state index contributed by atoms with van der Waals surface area (Å²) in [5.74, 6) is 0.255. The van der Waals surface area contributed by atoms with Gasteiger partial charge in [0.25, 0.3) is 0 Å². The molecular formula is C13H14O2. The van der Waals surface area contributed by atoms with Gasteiger partial charge in [-0.1, -0.05) is 32.0 Å². The van der Waals surface area contributed by atoms with E-state index in [1.807, 2.05) is 37.3 Å². The van der Waals surface area contributed by atoms with E-state index < -0.39 is 0 Å². The molecule has 1 atom stereocenters. The van der Waals surface area contributed by atoms with Crippen LogP contribution in [0.2, 0.25) is 0 Å². The monoisotopic (exact) mass is 202 g/mol. The summed E-state index contributed by atoms with van der Waals surface area (Å²) in [5, 5.41) is 0.993. The summed E-state index contributed by atoms with van der Waals surface area (Å²) < 4.78 is 5.26. The molecule has 0 fully saturated rings. The molecule has 1 aromatic carbocycles. The van der Waals surface area contributed by atoms with E-state index in [4.69, 9.17) is 4.42 Å². The van der Waals surface area contributed by atoms with Gasteiger partial charge in [-0.3, -0.25) is 0 Å². The second-order valence-corrected chi connectivity index (χ2v) is 3.84. The van der Waals surface area contributed by atoms with Crippen molar-refractivity contribution in [3.63, 3.8) is 0 Å². The molecule has 78 valence electrons. The second-order valence-electron chi connectivity index (χ2n) is 3.84. The third kappa shape index (κ3) is 1.80. The van der Waals surface area contributed by atoms with Crippen molar-refractivity contribution in [2.24, 2.45) is 0 Å².